The summed E-state index contributed by atoms with van der Waals surface area (Å²) in [7, 11) is 1.63. The van der Waals surface area contributed by atoms with Crippen LogP contribution in [0.15, 0.2) is 24.3 Å². The van der Waals surface area contributed by atoms with Crippen LogP contribution in [0, 0.1) is 0 Å². The lowest BCUT2D eigenvalue weighted by Gasteiger charge is -2.14. The second-order valence-corrected chi connectivity index (χ2v) is 4.24. The summed E-state index contributed by atoms with van der Waals surface area (Å²) in [5.74, 6) is 0.826. The summed E-state index contributed by atoms with van der Waals surface area (Å²) >= 11 is 0. The molecule has 1 rings (SSSR count). The van der Waals surface area contributed by atoms with Crippen LogP contribution >= 0.6 is 0 Å². The molecule has 0 heterocycles. The summed E-state index contributed by atoms with van der Waals surface area (Å²) in [5, 5.41) is 11.6. The molecule has 0 aliphatic carbocycles. The summed E-state index contributed by atoms with van der Waals surface area (Å²) in [6, 6.07) is 7.63. The predicted molar refractivity (Wildman–Crippen MR) is 70.5 cm³/mol. The number of hydrogen-bond acceptors (Lipinski definition) is 3. The molecule has 4 nitrogen and oxygen atoms in total. The first kappa shape index (κ1) is 14.5. The quantitative estimate of drug-likeness (QED) is 0.729. The van der Waals surface area contributed by atoms with E-state index < -0.39 is 0 Å². The van der Waals surface area contributed by atoms with E-state index in [1.165, 1.54) is 0 Å². The van der Waals surface area contributed by atoms with E-state index in [0.29, 0.717) is 12.8 Å². The van der Waals surface area contributed by atoms with Gasteiger partial charge >= 0.3 is 0 Å². The highest BCUT2D eigenvalue weighted by Gasteiger charge is 2.09. The number of aliphatic hydroxyl groups is 1. The molecule has 0 saturated carbocycles. The molecule has 1 unspecified atom stereocenters. The van der Waals surface area contributed by atoms with Crippen molar-refractivity contribution >= 4 is 5.91 Å². The molecule has 0 aliphatic rings. The van der Waals surface area contributed by atoms with Crippen molar-refractivity contribution in [3.05, 3.63) is 29.8 Å². The number of carbonyl (C=O) groups excluding carboxylic acids is 1. The van der Waals surface area contributed by atoms with Gasteiger partial charge in [-0.1, -0.05) is 12.1 Å². The largest absolute Gasteiger partial charge is 0.497 e. The second kappa shape index (κ2) is 7.71. The Morgan fingerprint density at radius 3 is 2.56 bits per heavy atom. The minimum absolute atomic E-state index is 0.0162. The lowest BCUT2D eigenvalue weighted by molar-refractivity contribution is -0.121. The minimum Gasteiger partial charge on any atom is -0.497 e. The van der Waals surface area contributed by atoms with Crippen LogP contribution < -0.4 is 10.1 Å². The van der Waals surface area contributed by atoms with Gasteiger partial charge in [0.15, 0.2) is 0 Å². The molecule has 0 bridgehead atoms. The third kappa shape index (κ3) is 4.75. The molecule has 0 fully saturated rings. The Balaban J connectivity index is 2.43. The maximum atomic E-state index is 11.6. The number of nitrogens with one attached hydrogen (secondary N) is 1. The lowest BCUT2D eigenvalue weighted by atomic mass is 10.1. The fourth-order valence-corrected chi connectivity index (χ4v) is 1.69. The molecule has 0 spiro atoms. The number of methoxy groups -OCH3 is 1. The van der Waals surface area contributed by atoms with Crippen LogP contribution in [0.2, 0.25) is 0 Å². The number of ether oxygens (including phenoxy) is 1. The zero-order valence-electron chi connectivity index (χ0n) is 11.0. The lowest BCUT2D eigenvalue weighted by Crippen LogP contribution is -2.26. The normalized spacial score (nSPS) is 11.9. The number of rotatable bonds is 7. The van der Waals surface area contributed by atoms with Gasteiger partial charge in [0.25, 0.3) is 0 Å². The number of aliphatic hydroxyl groups excluding tert-OH is 1. The van der Waals surface area contributed by atoms with E-state index in [9.17, 15) is 4.79 Å². The van der Waals surface area contributed by atoms with Gasteiger partial charge in [0.1, 0.15) is 5.75 Å². The molecule has 1 aromatic rings. The fourth-order valence-electron chi connectivity index (χ4n) is 1.69. The van der Waals surface area contributed by atoms with Crippen LogP contribution in [0.3, 0.4) is 0 Å². The maximum absolute atomic E-state index is 11.6. The minimum atomic E-state index is -0.0162. The first-order valence-electron chi connectivity index (χ1n) is 6.21. The zero-order valence-corrected chi connectivity index (χ0v) is 11.0. The van der Waals surface area contributed by atoms with Crippen LogP contribution in [-0.4, -0.2) is 24.7 Å². The Morgan fingerprint density at radius 2 is 2.00 bits per heavy atom. The Bertz CT molecular complexity index is 362. The van der Waals surface area contributed by atoms with Crippen LogP contribution in [0.1, 0.15) is 37.8 Å². The van der Waals surface area contributed by atoms with E-state index in [0.717, 1.165) is 17.7 Å². The standard InChI is InChI=1S/C14H21NO3/c1-11(15-14(17)5-3-4-10-16)12-6-8-13(18-2)9-7-12/h6-9,11,16H,3-5,10H2,1-2H3,(H,15,17). The van der Waals surface area contributed by atoms with Crippen molar-refractivity contribution in [1.82, 2.24) is 5.32 Å². The maximum Gasteiger partial charge on any atom is 0.220 e. The van der Waals surface area contributed by atoms with Gasteiger partial charge in [-0.2, -0.15) is 0 Å². The molecule has 4 heteroatoms. The number of benzene rings is 1. The van der Waals surface area contributed by atoms with Gasteiger partial charge in [0.05, 0.1) is 13.2 Å². The van der Waals surface area contributed by atoms with Crippen molar-refractivity contribution in [2.24, 2.45) is 0 Å². The van der Waals surface area contributed by atoms with E-state index >= 15 is 0 Å². The van der Waals surface area contributed by atoms with Gasteiger partial charge < -0.3 is 15.2 Å². The summed E-state index contributed by atoms with van der Waals surface area (Å²) in [5.41, 5.74) is 1.05. The van der Waals surface area contributed by atoms with Crippen LogP contribution in [-0.2, 0) is 4.79 Å². The molecule has 1 atom stereocenters. The van der Waals surface area contributed by atoms with Gasteiger partial charge in [0.2, 0.25) is 5.91 Å². The molecular weight excluding hydrogens is 230 g/mol. The Labute approximate surface area is 108 Å². The van der Waals surface area contributed by atoms with Gasteiger partial charge in [-0.15, -0.1) is 0 Å². The third-order valence-corrected chi connectivity index (χ3v) is 2.81. The average molecular weight is 251 g/mol. The predicted octanol–water partition coefficient (Wildman–Crippen LogP) is 2.04. The molecule has 1 aromatic carbocycles. The first-order valence-corrected chi connectivity index (χ1v) is 6.21. The molecule has 0 aliphatic heterocycles. The summed E-state index contributed by atoms with van der Waals surface area (Å²) in [6.07, 6.45) is 1.85. The van der Waals surface area contributed by atoms with E-state index in [1.54, 1.807) is 7.11 Å². The van der Waals surface area contributed by atoms with Crippen molar-refractivity contribution in [3.63, 3.8) is 0 Å². The van der Waals surface area contributed by atoms with Gasteiger partial charge in [-0.25, -0.2) is 0 Å². The van der Waals surface area contributed by atoms with Crippen LogP contribution in [0.25, 0.3) is 0 Å². The molecule has 0 aromatic heterocycles. The zero-order chi connectivity index (χ0) is 13.4. The molecule has 1 amide bonds. The van der Waals surface area contributed by atoms with E-state index in [1.807, 2.05) is 31.2 Å². The van der Waals surface area contributed by atoms with Gasteiger partial charge in [-0.3, -0.25) is 4.79 Å². The van der Waals surface area contributed by atoms with Crippen LogP contribution in [0.5, 0.6) is 5.75 Å². The summed E-state index contributed by atoms with van der Waals surface area (Å²) in [4.78, 5) is 11.6. The van der Waals surface area contributed by atoms with Gasteiger partial charge in [0, 0.05) is 13.0 Å². The topological polar surface area (TPSA) is 58.6 Å². The van der Waals surface area contributed by atoms with Crippen molar-refractivity contribution in [2.75, 3.05) is 13.7 Å². The molecule has 2 N–H and O–H groups in total. The third-order valence-electron chi connectivity index (χ3n) is 2.81. The average Bonchev–Trinajstić information content (AvgIpc) is 2.39. The van der Waals surface area contributed by atoms with Crippen LogP contribution in [0.4, 0.5) is 0 Å². The van der Waals surface area contributed by atoms with Crippen molar-refractivity contribution in [2.45, 2.75) is 32.2 Å². The molecule has 0 saturated heterocycles. The van der Waals surface area contributed by atoms with Crippen molar-refractivity contribution in [1.29, 1.82) is 0 Å². The number of unbranched alkanes of at least 4 members (excludes halogenated alkanes) is 1. The number of hydrogen-bond donors (Lipinski definition) is 2. The van der Waals surface area contributed by atoms with E-state index in [4.69, 9.17) is 9.84 Å². The Kier molecular flexibility index (Phi) is 6.22. The smallest absolute Gasteiger partial charge is 0.220 e. The number of carbonyl (C=O) groups is 1. The monoisotopic (exact) mass is 251 g/mol. The van der Waals surface area contributed by atoms with Crippen molar-refractivity contribution in [3.8, 4) is 5.75 Å². The second-order valence-electron chi connectivity index (χ2n) is 4.24. The van der Waals surface area contributed by atoms with E-state index in [-0.39, 0.29) is 18.6 Å². The first-order chi connectivity index (χ1) is 8.67. The van der Waals surface area contributed by atoms with Gasteiger partial charge in [-0.05, 0) is 37.5 Å². The highest BCUT2D eigenvalue weighted by molar-refractivity contribution is 5.76. The van der Waals surface area contributed by atoms with E-state index in [2.05, 4.69) is 5.32 Å². The molecule has 100 valence electrons. The summed E-state index contributed by atoms with van der Waals surface area (Å²) < 4.78 is 5.08. The molecule has 0 radical (unpaired) electrons. The highest BCUT2D eigenvalue weighted by Crippen LogP contribution is 2.17. The molecule has 18 heavy (non-hydrogen) atoms. The molecular formula is C14H21NO3. The summed E-state index contributed by atoms with van der Waals surface area (Å²) in [6.45, 7) is 2.09. The number of amides is 1. The Morgan fingerprint density at radius 1 is 1.33 bits per heavy atom. The SMILES string of the molecule is COc1ccc(C(C)NC(=O)CCCCO)cc1. The fraction of sp³-hybridized carbons (Fsp3) is 0.500. The highest BCUT2D eigenvalue weighted by atomic mass is 16.5. The Hall–Kier alpha value is -1.55. The van der Waals surface area contributed by atoms with Crippen molar-refractivity contribution < 1.29 is 14.6 Å².